The van der Waals surface area contributed by atoms with E-state index in [0.717, 1.165) is 42.4 Å². The topological polar surface area (TPSA) is 32.5 Å². The first-order chi connectivity index (χ1) is 15.7. The second kappa shape index (κ2) is 5.18. The summed E-state index contributed by atoms with van der Waals surface area (Å²) < 4.78 is 7.50. The molecule has 0 aromatic carbocycles. The van der Waals surface area contributed by atoms with E-state index in [9.17, 15) is 5.11 Å². The van der Waals surface area contributed by atoms with Crippen molar-refractivity contribution in [1.29, 1.82) is 0 Å². The molecule has 0 aromatic heterocycles. The summed E-state index contributed by atoms with van der Waals surface area (Å²) in [5, 5.41) is 10.4. The molecule has 14 atom stereocenters. The van der Waals surface area contributed by atoms with Crippen LogP contribution in [0.1, 0.15) is 91.9 Å². The molecule has 0 aromatic rings. The molecule has 8 unspecified atom stereocenters. The summed E-state index contributed by atoms with van der Waals surface area (Å²) in [5.41, 5.74) is 3.84. The van der Waals surface area contributed by atoms with Crippen LogP contribution >= 0.6 is 0 Å². The highest BCUT2D eigenvalue weighted by Gasteiger charge is 3.02. The third kappa shape index (κ3) is 1.60. The van der Waals surface area contributed by atoms with Gasteiger partial charge in [0.25, 0.3) is 0 Å². The number of hydrogen-bond donors (Lipinski definition) is 1. The number of ether oxygens (including phenoxy) is 1. The summed E-state index contributed by atoms with van der Waals surface area (Å²) in [4.78, 5) is 3.02. The van der Waals surface area contributed by atoms with Crippen LogP contribution in [0.5, 0.6) is 0 Å². The van der Waals surface area contributed by atoms with Crippen LogP contribution in [0.3, 0.4) is 0 Å². The van der Waals surface area contributed by atoms with E-state index in [1.165, 1.54) is 57.9 Å². The summed E-state index contributed by atoms with van der Waals surface area (Å²) in [6.45, 7) is 11.7. The molecule has 0 amide bonds. The Bertz CT molecular complexity index is 1020. The number of rotatable bonds is 0. The average molecular weight is 450 g/mol. The third-order valence-electron chi connectivity index (χ3n) is 14.8. The van der Waals surface area contributed by atoms with Crippen LogP contribution < -0.4 is 0 Å². The van der Waals surface area contributed by atoms with Crippen molar-refractivity contribution in [3.63, 3.8) is 0 Å². The lowest BCUT2D eigenvalue weighted by Crippen LogP contribution is -2.63. The van der Waals surface area contributed by atoms with Gasteiger partial charge in [-0.05, 0) is 105 Å². The van der Waals surface area contributed by atoms with E-state index in [0.29, 0.717) is 33.4 Å². The Morgan fingerprint density at radius 2 is 1.94 bits per heavy atom. The second-order valence-corrected chi connectivity index (χ2v) is 15.2. The number of allylic oxidation sites excluding steroid dienone is 1. The van der Waals surface area contributed by atoms with Crippen molar-refractivity contribution in [1.82, 2.24) is 4.90 Å². The van der Waals surface area contributed by atoms with E-state index >= 15 is 0 Å². The molecule has 6 aliphatic carbocycles. The van der Waals surface area contributed by atoms with Crippen molar-refractivity contribution >= 4 is 0 Å². The van der Waals surface area contributed by atoms with Crippen LogP contribution in [-0.2, 0) is 4.74 Å². The average Bonchev–Trinajstić information content (AvgIpc) is 3.42. The molecule has 3 nitrogen and oxygen atoms in total. The second-order valence-electron chi connectivity index (χ2n) is 15.2. The van der Waals surface area contributed by atoms with Crippen LogP contribution in [0.2, 0.25) is 0 Å². The van der Waals surface area contributed by atoms with Crippen LogP contribution in [0.25, 0.3) is 0 Å². The Kier molecular flexibility index (Phi) is 3.11. The third-order valence-corrected chi connectivity index (χ3v) is 14.8. The van der Waals surface area contributed by atoms with Crippen molar-refractivity contribution in [3.05, 3.63) is 11.6 Å². The zero-order valence-electron chi connectivity index (χ0n) is 21.2. The zero-order valence-corrected chi connectivity index (χ0v) is 21.2. The normalized spacial score (nSPS) is 71.8. The van der Waals surface area contributed by atoms with E-state index in [1.54, 1.807) is 5.57 Å². The first-order valence-corrected chi connectivity index (χ1v) is 14.5. The lowest BCUT2D eigenvalue weighted by atomic mass is 9.51. The molecule has 9 aliphatic rings. The lowest BCUT2D eigenvalue weighted by molar-refractivity contribution is -0.188. The summed E-state index contributed by atoms with van der Waals surface area (Å²) in [6.07, 6.45) is 15.8. The summed E-state index contributed by atoms with van der Waals surface area (Å²) >= 11 is 0. The van der Waals surface area contributed by atoms with Crippen LogP contribution in [0.15, 0.2) is 11.6 Å². The molecule has 33 heavy (non-hydrogen) atoms. The number of nitrogens with zero attached hydrogens (tertiary/aromatic N) is 1. The van der Waals surface area contributed by atoms with E-state index in [4.69, 9.17) is 4.74 Å². The molecule has 1 N–H and O–H groups in total. The fraction of sp³-hybridized carbons (Fsp3) is 0.933. The molecular weight excluding hydrogens is 406 g/mol. The number of hydrogen-bond acceptors (Lipinski definition) is 3. The van der Waals surface area contributed by atoms with Gasteiger partial charge in [0.2, 0.25) is 0 Å². The summed E-state index contributed by atoms with van der Waals surface area (Å²) in [7, 11) is 0. The molecule has 5 saturated carbocycles. The van der Waals surface area contributed by atoms with Crippen LogP contribution in [-0.4, -0.2) is 45.4 Å². The minimum Gasteiger partial charge on any atom is -0.393 e. The fourth-order valence-electron chi connectivity index (χ4n) is 13.7. The molecule has 3 heteroatoms. The van der Waals surface area contributed by atoms with Gasteiger partial charge in [0.05, 0.1) is 28.9 Å². The van der Waals surface area contributed by atoms with Gasteiger partial charge in [0, 0.05) is 12.0 Å². The van der Waals surface area contributed by atoms with Crippen molar-refractivity contribution in [2.45, 2.75) is 121 Å². The highest BCUT2D eigenvalue weighted by Crippen LogP contribution is 2.94. The highest BCUT2D eigenvalue weighted by atomic mass is 16.5. The van der Waals surface area contributed by atoms with Gasteiger partial charge in [-0.15, -0.1) is 0 Å². The van der Waals surface area contributed by atoms with E-state index in [1.807, 2.05) is 0 Å². The molecule has 0 bridgehead atoms. The Hall–Kier alpha value is -0.380. The Balaban J connectivity index is 1.13. The molecule has 8 fully saturated rings. The number of piperidine rings is 1. The Labute approximate surface area is 199 Å². The molecule has 180 valence electrons. The summed E-state index contributed by atoms with van der Waals surface area (Å²) in [5.74, 6) is 4.25. The number of fused-ring (bicyclic) bond motifs is 5. The van der Waals surface area contributed by atoms with Gasteiger partial charge in [0.15, 0.2) is 0 Å². The van der Waals surface area contributed by atoms with Gasteiger partial charge in [-0.1, -0.05) is 39.3 Å². The van der Waals surface area contributed by atoms with Gasteiger partial charge in [-0.3, -0.25) is 4.90 Å². The molecule has 3 spiro atoms. The number of aliphatic hydroxyl groups is 1. The zero-order chi connectivity index (χ0) is 22.4. The molecule has 9 rings (SSSR count). The smallest absolute Gasteiger partial charge is 0.0950 e. The standard InChI is InChI=1S/C30H43NO2/c1-17-11-24-28-13-18(2)30(28,31(28)15-17)29(33-24)10-8-22-21-6-5-19-12-20(32)7-9-25(19,3)23(21)14-27(22)16-26(27,29)4/h5,17-18,20-24,32H,6-16H2,1-4H3/t17-,18+,20-,21?,22?,23-,24?,25-,26?,27?,28?,29?,30-,31?/m0/s1. The fourth-order valence-corrected chi connectivity index (χ4v) is 13.7. The first kappa shape index (κ1) is 19.8. The van der Waals surface area contributed by atoms with Gasteiger partial charge in [0.1, 0.15) is 0 Å². The number of morpholine rings is 1. The van der Waals surface area contributed by atoms with Gasteiger partial charge < -0.3 is 9.84 Å². The minimum absolute atomic E-state index is 0.0953. The SMILES string of the molecule is C[C@H]1CC2OC3(CCC4C5CC=C6C[C@@H](O)CC[C@]6(C)[C@H]5CC45CC53C)[C@]34[C@H](C)CC23N4C1. The van der Waals surface area contributed by atoms with Crippen molar-refractivity contribution in [2.75, 3.05) is 6.54 Å². The van der Waals surface area contributed by atoms with Crippen LogP contribution in [0, 0.1) is 45.8 Å². The predicted octanol–water partition coefficient (Wildman–Crippen LogP) is 5.32. The first-order valence-electron chi connectivity index (χ1n) is 14.5. The Morgan fingerprint density at radius 1 is 1.09 bits per heavy atom. The molecular formula is C30H43NO2. The van der Waals surface area contributed by atoms with E-state index in [2.05, 4.69) is 38.7 Å². The quantitative estimate of drug-likeness (QED) is 0.401. The summed E-state index contributed by atoms with van der Waals surface area (Å²) in [6, 6.07) is 0. The maximum atomic E-state index is 10.4. The number of aliphatic hydroxyl groups excluding tert-OH is 1. The predicted molar refractivity (Wildman–Crippen MR) is 127 cm³/mol. The maximum absolute atomic E-state index is 10.4. The van der Waals surface area contributed by atoms with Gasteiger partial charge in [-0.25, -0.2) is 0 Å². The molecule has 0 radical (unpaired) electrons. The van der Waals surface area contributed by atoms with E-state index < -0.39 is 0 Å². The van der Waals surface area contributed by atoms with Crippen LogP contribution in [0.4, 0.5) is 0 Å². The van der Waals surface area contributed by atoms with Gasteiger partial charge >= 0.3 is 0 Å². The molecule has 3 saturated heterocycles. The van der Waals surface area contributed by atoms with Crippen molar-refractivity contribution < 1.29 is 9.84 Å². The van der Waals surface area contributed by atoms with E-state index in [-0.39, 0.29) is 11.7 Å². The van der Waals surface area contributed by atoms with Crippen molar-refractivity contribution in [3.8, 4) is 0 Å². The minimum atomic E-state index is -0.0953. The van der Waals surface area contributed by atoms with Gasteiger partial charge in [-0.2, -0.15) is 0 Å². The highest BCUT2D eigenvalue weighted by molar-refractivity contribution is 5.55. The monoisotopic (exact) mass is 449 g/mol. The largest absolute Gasteiger partial charge is 0.393 e. The molecule has 3 heterocycles. The lowest BCUT2D eigenvalue weighted by Gasteiger charge is -2.54. The molecule has 3 aliphatic heterocycles. The maximum Gasteiger partial charge on any atom is 0.0950 e. The van der Waals surface area contributed by atoms with Crippen molar-refractivity contribution in [2.24, 2.45) is 45.8 Å². The Morgan fingerprint density at radius 3 is 2.76 bits per heavy atom.